The number of aliphatic carboxylic acids is 1. The van der Waals surface area contributed by atoms with Gasteiger partial charge in [-0.05, 0) is 37.4 Å². The number of hydrogen-bond acceptors (Lipinski definition) is 4. The molecule has 0 aromatic carbocycles. The SMILES string of the molecule is CCC1CN(C(C(=O)O)c2sccc2C)CCN1C. The molecule has 2 heterocycles. The summed E-state index contributed by atoms with van der Waals surface area (Å²) in [7, 11) is 2.12. The zero-order chi connectivity index (χ0) is 14.0. The highest BCUT2D eigenvalue weighted by Crippen LogP contribution is 2.30. The van der Waals surface area contributed by atoms with Gasteiger partial charge in [-0.25, -0.2) is 0 Å². The van der Waals surface area contributed by atoms with Gasteiger partial charge in [-0.3, -0.25) is 9.69 Å². The molecule has 2 unspecified atom stereocenters. The zero-order valence-electron chi connectivity index (χ0n) is 11.8. The number of carboxylic acids is 1. The molecule has 19 heavy (non-hydrogen) atoms. The Hall–Kier alpha value is -0.910. The van der Waals surface area contributed by atoms with Gasteiger partial charge in [0, 0.05) is 30.6 Å². The van der Waals surface area contributed by atoms with Crippen LogP contribution in [0.1, 0.15) is 29.8 Å². The van der Waals surface area contributed by atoms with Crippen LogP contribution in [0.15, 0.2) is 11.4 Å². The van der Waals surface area contributed by atoms with E-state index in [9.17, 15) is 9.90 Å². The second kappa shape index (κ2) is 6.03. The summed E-state index contributed by atoms with van der Waals surface area (Å²) in [6.45, 7) is 6.75. The average molecular weight is 282 g/mol. The van der Waals surface area contributed by atoms with E-state index >= 15 is 0 Å². The third kappa shape index (κ3) is 2.99. The van der Waals surface area contributed by atoms with Crippen LogP contribution in [0.25, 0.3) is 0 Å². The molecule has 0 saturated carbocycles. The van der Waals surface area contributed by atoms with E-state index < -0.39 is 12.0 Å². The first kappa shape index (κ1) is 14.5. The van der Waals surface area contributed by atoms with E-state index in [1.165, 1.54) is 0 Å². The van der Waals surface area contributed by atoms with Gasteiger partial charge in [0.15, 0.2) is 0 Å². The summed E-state index contributed by atoms with van der Waals surface area (Å²) in [5.41, 5.74) is 1.09. The first-order chi connectivity index (χ1) is 9.04. The molecule has 0 amide bonds. The van der Waals surface area contributed by atoms with Crippen molar-refractivity contribution in [2.24, 2.45) is 0 Å². The Morgan fingerprint density at radius 1 is 1.58 bits per heavy atom. The second-order valence-corrected chi connectivity index (χ2v) is 6.19. The summed E-state index contributed by atoms with van der Waals surface area (Å²) < 4.78 is 0. The van der Waals surface area contributed by atoms with E-state index in [0.29, 0.717) is 6.04 Å². The van der Waals surface area contributed by atoms with Gasteiger partial charge in [0.05, 0.1) is 0 Å². The van der Waals surface area contributed by atoms with E-state index in [-0.39, 0.29) is 0 Å². The maximum absolute atomic E-state index is 11.7. The summed E-state index contributed by atoms with van der Waals surface area (Å²) in [5.74, 6) is -0.732. The summed E-state index contributed by atoms with van der Waals surface area (Å²) >= 11 is 1.55. The van der Waals surface area contributed by atoms with E-state index in [1.54, 1.807) is 11.3 Å². The number of hydrogen-bond donors (Lipinski definition) is 1. The van der Waals surface area contributed by atoms with E-state index in [1.807, 2.05) is 18.4 Å². The predicted molar refractivity (Wildman–Crippen MR) is 77.7 cm³/mol. The molecule has 0 spiro atoms. The van der Waals surface area contributed by atoms with Crippen LogP contribution in [-0.2, 0) is 4.79 Å². The molecule has 1 aromatic rings. The van der Waals surface area contributed by atoms with Crippen molar-refractivity contribution in [1.29, 1.82) is 0 Å². The predicted octanol–water partition coefficient (Wildman–Crippen LogP) is 2.21. The minimum atomic E-state index is -0.732. The van der Waals surface area contributed by atoms with Gasteiger partial charge in [-0.15, -0.1) is 11.3 Å². The molecule has 0 aliphatic carbocycles. The first-order valence-electron chi connectivity index (χ1n) is 6.75. The van der Waals surface area contributed by atoms with Gasteiger partial charge >= 0.3 is 5.97 Å². The zero-order valence-corrected chi connectivity index (χ0v) is 12.6. The number of carbonyl (C=O) groups is 1. The van der Waals surface area contributed by atoms with Crippen molar-refractivity contribution in [3.05, 3.63) is 21.9 Å². The van der Waals surface area contributed by atoms with Gasteiger partial charge in [0.1, 0.15) is 6.04 Å². The Kier molecular flexibility index (Phi) is 4.60. The maximum Gasteiger partial charge on any atom is 0.326 e. The minimum Gasteiger partial charge on any atom is -0.480 e. The highest BCUT2D eigenvalue weighted by Gasteiger charge is 2.34. The number of rotatable bonds is 4. The van der Waals surface area contributed by atoms with Crippen molar-refractivity contribution in [3.63, 3.8) is 0 Å². The highest BCUT2D eigenvalue weighted by molar-refractivity contribution is 7.10. The van der Waals surface area contributed by atoms with E-state index in [2.05, 4.69) is 23.8 Å². The van der Waals surface area contributed by atoms with Crippen molar-refractivity contribution < 1.29 is 9.90 Å². The lowest BCUT2D eigenvalue weighted by Crippen LogP contribution is -2.53. The van der Waals surface area contributed by atoms with Gasteiger partial charge in [0.2, 0.25) is 0 Å². The van der Waals surface area contributed by atoms with Crippen LogP contribution in [-0.4, -0.2) is 53.6 Å². The maximum atomic E-state index is 11.7. The summed E-state index contributed by atoms with van der Waals surface area (Å²) in [6, 6.07) is 1.97. The standard InChI is InChI=1S/C14H22N2O2S/c1-4-11-9-16(7-6-15(11)3)12(14(17)18)13-10(2)5-8-19-13/h5,8,11-12H,4,6-7,9H2,1-3H3,(H,17,18). The number of thiophene rings is 1. The number of nitrogens with zero attached hydrogens (tertiary/aromatic N) is 2. The van der Waals surface area contributed by atoms with Crippen molar-refractivity contribution in [1.82, 2.24) is 9.80 Å². The van der Waals surface area contributed by atoms with Crippen molar-refractivity contribution >= 4 is 17.3 Å². The van der Waals surface area contributed by atoms with Gasteiger partial charge in [0.25, 0.3) is 0 Å². The Bertz CT molecular complexity index is 446. The fourth-order valence-corrected chi connectivity index (χ4v) is 3.80. The number of piperazine rings is 1. The van der Waals surface area contributed by atoms with Gasteiger partial charge < -0.3 is 10.0 Å². The summed E-state index contributed by atoms with van der Waals surface area (Å²) in [4.78, 5) is 17.1. The smallest absolute Gasteiger partial charge is 0.326 e. The Labute approximate surface area is 118 Å². The molecule has 1 saturated heterocycles. The normalized spacial score (nSPS) is 23.4. The number of likely N-dealkylation sites (N-methyl/N-ethyl adjacent to an activating group) is 1. The van der Waals surface area contributed by atoms with E-state index in [0.717, 1.165) is 36.5 Å². The van der Waals surface area contributed by atoms with Crippen LogP contribution in [0.3, 0.4) is 0 Å². The molecule has 1 aromatic heterocycles. The molecule has 0 bridgehead atoms. The molecule has 1 N–H and O–H groups in total. The lowest BCUT2D eigenvalue weighted by molar-refractivity contribution is -0.144. The first-order valence-corrected chi connectivity index (χ1v) is 7.63. The monoisotopic (exact) mass is 282 g/mol. The molecule has 1 aliphatic rings. The Morgan fingerprint density at radius 3 is 2.84 bits per heavy atom. The summed E-state index contributed by atoms with van der Waals surface area (Å²) in [6.07, 6.45) is 1.06. The Balaban J connectivity index is 2.21. The fraction of sp³-hybridized carbons (Fsp3) is 0.643. The third-order valence-electron chi connectivity index (χ3n) is 4.03. The highest BCUT2D eigenvalue weighted by atomic mass is 32.1. The molecule has 2 atom stereocenters. The molecule has 0 radical (unpaired) electrons. The van der Waals surface area contributed by atoms with Gasteiger partial charge in [-0.1, -0.05) is 6.92 Å². The number of aryl methyl sites for hydroxylation is 1. The lowest BCUT2D eigenvalue weighted by atomic mass is 10.1. The largest absolute Gasteiger partial charge is 0.480 e. The average Bonchev–Trinajstić information content (AvgIpc) is 2.78. The van der Waals surface area contributed by atoms with E-state index in [4.69, 9.17) is 0 Å². The second-order valence-electron chi connectivity index (χ2n) is 5.25. The van der Waals surface area contributed by atoms with Gasteiger partial charge in [-0.2, -0.15) is 0 Å². The molecule has 1 aliphatic heterocycles. The van der Waals surface area contributed by atoms with Crippen molar-refractivity contribution in [3.8, 4) is 0 Å². The molecule has 1 fully saturated rings. The molecule has 4 nitrogen and oxygen atoms in total. The van der Waals surface area contributed by atoms with Crippen LogP contribution in [0, 0.1) is 6.92 Å². The fourth-order valence-electron chi connectivity index (χ4n) is 2.74. The quantitative estimate of drug-likeness (QED) is 0.919. The van der Waals surface area contributed by atoms with Crippen molar-refractivity contribution in [2.45, 2.75) is 32.4 Å². The van der Waals surface area contributed by atoms with Crippen LogP contribution in [0.4, 0.5) is 0 Å². The summed E-state index contributed by atoms with van der Waals surface area (Å²) in [5, 5.41) is 11.6. The Morgan fingerprint density at radius 2 is 2.32 bits per heavy atom. The molecular formula is C14H22N2O2S. The number of carboxylic acid groups (broad SMARTS) is 1. The van der Waals surface area contributed by atoms with Crippen LogP contribution in [0.5, 0.6) is 0 Å². The lowest BCUT2D eigenvalue weighted by Gasteiger charge is -2.41. The third-order valence-corrected chi connectivity index (χ3v) is 5.10. The van der Waals surface area contributed by atoms with Crippen molar-refractivity contribution in [2.75, 3.05) is 26.7 Å². The topological polar surface area (TPSA) is 43.8 Å². The van der Waals surface area contributed by atoms with Crippen LogP contribution in [0.2, 0.25) is 0 Å². The van der Waals surface area contributed by atoms with Crippen LogP contribution >= 0.6 is 11.3 Å². The molecule has 5 heteroatoms. The molecular weight excluding hydrogens is 260 g/mol. The molecule has 106 valence electrons. The van der Waals surface area contributed by atoms with Crippen LogP contribution < -0.4 is 0 Å². The molecule has 2 rings (SSSR count). The minimum absolute atomic E-state index is 0.455.